The predicted octanol–water partition coefficient (Wildman–Crippen LogP) is 2.60. The van der Waals surface area contributed by atoms with E-state index in [9.17, 15) is 4.39 Å². The zero-order valence-electron chi connectivity index (χ0n) is 13.6. The summed E-state index contributed by atoms with van der Waals surface area (Å²) in [5, 5.41) is 8.59. The van der Waals surface area contributed by atoms with E-state index in [0.29, 0.717) is 24.5 Å². The second kappa shape index (κ2) is 6.14. The zero-order valence-corrected chi connectivity index (χ0v) is 13.6. The van der Waals surface area contributed by atoms with Crippen molar-refractivity contribution in [2.24, 2.45) is 0 Å². The van der Waals surface area contributed by atoms with Crippen LogP contribution in [0.3, 0.4) is 0 Å². The summed E-state index contributed by atoms with van der Waals surface area (Å²) in [7, 11) is 0. The van der Waals surface area contributed by atoms with E-state index in [1.54, 1.807) is 0 Å². The first-order chi connectivity index (χ1) is 11.8. The van der Waals surface area contributed by atoms with Crippen molar-refractivity contribution in [3.63, 3.8) is 0 Å². The van der Waals surface area contributed by atoms with Gasteiger partial charge < -0.3 is 4.90 Å². The highest BCUT2D eigenvalue weighted by atomic mass is 19.1. The number of pyridine rings is 1. The molecule has 1 saturated heterocycles. The van der Waals surface area contributed by atoms with Crippen LogP contribution in [-0.2, 0) is 6.42 Å². The Labute approximate surface area is 139 Å². The topological polar surface area (TPSA) is 59.2 Å². The third-order valence-electron chi connectivity index (χ3n) is 4.60. The van der Waals surface area contributed by atoms with Gasteiger partial charge in [0.15, 0.2) is 17.3 Å². The van der Waals surface area contributed by atoms with Crippen molar-refractivity contribution in [3.05, 3.63) is 48.1 Å². The molecule has 0 spiro atoms. The Morgan fingerprint density at radius 1 is 1.25 bits per heavy atom. The van der Waals surface area contributed by atoms with Gasteiger partial charge in [-0.25, -0.2) is 14.4 Å². The van der Waals surface area contributed by atoms with E-state index in [1.807, 2.05) is 40.6 Å². The number of hydrogen-bond donors (Lipinski definition) is 0. The largest absolute Gasteiger partial charge is 0.353 e. The van der Waals surface area contributed by atoms with Crippen molar-refractivity contribution in [2.45, 2.75) is 32.1 Å². The van der Waals surface area contributed by atoms with Gasteiger partial charge >= 0.3 is 0 Å². The predicted molar refractivity (Wildman–Crippen MR) is 88.5 cm³/mol. The van der Waals surface area contributed by atoms with E-state index < -0.39 is 0 Å². The molecule has 0 radical (unpaired) electrons. The summed E-state index contributed by atoms with van der Waals surface area (Å²) in [6.07, 6.45) is 5.97. The monoisotopic (exact) mass is 326 g/mol. The molecule has 0 aromatic carbocycles. The Morgan fingerprint density at radius 2 is 2.17 bits per heavy atom. The fraction of sp³-hybridized carbons (Fsp3) is 0.412. The van der Waals surface area contributed by atoms with Gasteiger partial charge in [0, 0.05) is 25.2 Å². The molecular weight excluding hydrogens is 307 g/mol. The maximum absolute atomic E-state index is 14.6. The van der Waals surface area contributed by atoms with E-state index in [2.05, 4.69) is 20.2 Å². The number of aromatic nitrogens is 5. The zero-order chi connectivity index (χ0) is 16.5. The minimum absolute atomic E-state index is 0.204. The molecular formula is C17H19FN6. The van der Waals surface area contributed by atoms with Gasteiger partial charge in [-0.05, 0) is 31.4 Å². The molecule has 3 aromatic heterocycles. The fourth-order valence-electron chi connectivity index (χ4n) is 3.38. The molecule has 6 nitrogen and oxygen atoms in total. The van der Waals surface area contributed by atoms with Crippen molar-refractivity contribution < 1.29 is 4.39 Å². The van der Waals surface area contributed by atoms with Gasteiger partial charge in [0.05, 0.1) is 5.69 Å². The summed E-state index contributed by atoms with van der Waals surface area (Å²) in [4.78, 5) is 10.2. The van der Waals surface area contributed by atoms with Crippen LogP contribution in [-0.4, -0.2) is 37.7 Å². The van der Waals surface area contributed by atoms with Crippen LogP contribution in [0.2, 0.25) is 0 Å². The molecule has 1 aliphatic rings. The number of fused-ring (bicyclic) bond motifs is 1. The first kappa shape index (κ1) is 15.0. The molecule has 0 saturated carbocycles. The summed E-state index contributed by atoms with van der Waals surface area (Å²) in [6.45, 7) is 3.38. The molecule has 124 valence electrons. The van der Waals surface area contributed by atoms with E-state index in [0.717, 1.165) is 30.9 Å². The van der Waals surface area contributed by atoms with E-state index in [-0.39, 0.29) is 11.7 Å². The van der Waals surface area contributed by atoms with E-state index in [4.69, 9.17) is 0 Å². The third kappa shape index (κ3) is 2.50. The summed E-state index contributed by atoms with van der Waals surface area (Å²) >= 11 is 0. The first-order valence-electron chi connectivity index (χ1n) is 8.32. The molecule has 0 bridgehead atoms. The molecule has 7 heteroatoms. The van der Waals surface area contributed by atoms with Gasteiger partial charge in [0.25, 0.3) is 0 Å². The molecule has 1 unspecified atom stereocenters. The van der Waals surface area contributed by atoms with Crippen LogP contribution in [0, 0.1) is 5.82 Å². The van der Waals surface area contributed by atoms with Crippen molar-refractivity contribution in [1.82, 2.24) is 24.6 Å². The summed E-state index contributed by atoms with van der Waals surface area (Å²) < 4.78 is 16.6. The average Bonchev–Trinajstić information content (AvgIpc) is 3.06. The maximum atomic E-state index is 14.6. The minimum Gasteiger partial charge on any atom is -0.353 e. The quantitative estimate of drug-likeness (QED) is 0.740. The molecule has 1 atom stereocenters. The van der Waals surface area contributed by atoms with Crippen LogP contribution in [0.1, 0.15) is 37.2 Å². The number of aryl methyl sites for hydroxylation is 1. The lowest BCUT2D eigenvalue weighted by atomic mass is 9.97. The molecule has 4 rings (SSSR count). The van der Waals surface area contributed by atoms with Gasteiger partial charge in [-0.3, -0.25) is 4.40 Å². The molecule has 0 aliphatic carbocycles. The molecule has 0 N–H and O–H groups in total. The van der Waals surface area contributed by atoms with Gasteiger partial charge in [-0.1, -0.05) is 13.0 Å². The van der Waals surface area contributed by atoms with Crippen LogP contribution in [0.4, 0.5) is 10.2 Å². The van der Waals surface area contributed by atoms with Gasteiger partial charge in [0.2, 0.25) is 0 Å². The normalized spacial score (nSPS) is 18.2. The number of hydrogen-bond acceptors (Lipinski definition) is 5. The maximum Gasteiger partial charge on any atom is 0.187 e. The third-order valence-corrected chi connectivity index (χ3v) is 4.60. The lowest BCUT2D eigenvalue weighted by Gasteiger charge is -2.33. The molecule has 4 heterocycles. The van der Waals surface area contributed by atoms with Crippen molar-refractivity contribution in [1.29, 1.82) is 0 Å². The van der Waals surface area contributed by atoms with E-state index >= 15 is 0 Å². The SMILES string of the molecule is CCc1ncnc(N2CCCC(c3nnc4ccccn34)C2)c1F. The lowest BCUT2D eigenvalue weighted by Crippen LogP contribution is -2.36. The first-order valence-corrected chi connectivity index (χ1v) is 8.32. The fourth-order valence-corrected chi connectivity index (χ4v) is 3.38. The van der Waals surface area contributed by atoms with Crippen LogP contribution in [0.15, 0.2) is 30.7 Å². The molecule has 1 fully saturated rings. The van der Waals surface area contributed by atoms with Crippen molar-refractivity contribution >= 4 is 11.5 Å². The number of nitrogens with zero attached hydrogens (tertiary/aromatic N) is 6. The number of piperidine rings is 1. The van der Waals surface area contributed by atoms with Crippen LogP contribution in [0.5, 0.6) is 0 Å². The van der Waals surface area contributed by atoms with Crippen LogP contribution < -0.4 is 4.90 Å². The van der Waals surface area contributed by atoms with Crippen LogP contribution >= 0.6 is 0 Å². The highest BCUT2D eigenvalue weighted by Gasteiger charge is 2.28. The molecule has 1 aliphatic heterocycles. The Kier molecular flexibility index (Phi) is 3.84. The standard InChI is InChI=1S/C17H19FN6/c1-2-13-15(18)17(20-11-19-13)23-8-5-6-12(10-23)16-22-21-14-7-3-4-9-24(14)16/h3-4,7,9,11-12H,2,5-6,8,10H2,1H3. The molecule has 3 aromatic rings. The van der Waals surface area contributed by atoms with Gasteiger partial charge in [0.1, 0.15) is 12.2 Å². The van der Waals surface area contributed by atoms with Crippen molar-refractivity contribution in [2.75, 3.05) is 18.0 Å². The number of halogens is 1. The minimum atomic E-state index is -0.299. The second-order valence-electron chi connectivity index (χ2n) is 6.08. The smallest absolute Gasteiger partial charge is 0.187 e. The summed E-state index contributed by atoms with van der Waals surface area (Å²) in [5.74, 6) is 1.24. The number of rotatable bonds is 3. The summed E-state index contributed by atoms with van der Waals surface area (Å²) in [6, 6.07) is 5.86. The van der Waals surface area contributed by atoms with Crippen LogP contribution in [0.25, 0.3) is 5.65 Å². The highest BCUT2D eigenvalue weighted by molar-refractivity contribution is 5.43. The van der Waals surface area contributed by atoms with Gasteiger partial charge in [-0.2, -0.15) is 0 Å². The number of anilines is 1. The average molecular weight is 326 g/mol. The Hall–Kier alpha value is -2.57. The molecule has 0 amide bonds. The lowest BCUT2D eigenvalue weighted by molar-refractivity contribution is 0.475. The Morgan fingerprint density at radius 3 is 3.04 bits per heavy atom. The Bertz CT molecular complexity index is 861. The summed E-state index contributed by atoms with van der Waals surface area (Å²) in [5.41, 5.74) is 1.31. The molecule has 24 heavy (non-hydrogen) atoms. The second-order valence-corrected chi connectivity index (χ2v) is 6.08. The Balaban J connectivity index is 1.65. The van der Waals surface area contributed by atoms with Crippen molar-refractivity contribution in [3.8, 4) is 0 Å². The van der Waals surface area contributed by atoms with Gasteiger partial charge in [-0.15, -0.1) is 10.2 Å². The highest BCUT2D eigenvalue weighted by Crippen LogP contribution is 2.30. The van der Waals surface area contributed by atoms with E-state index in [1.165, 1.54) is 6.33 Å².